The molecule has 1 amide bonds. The molecule has 0 spiro atoms. The summed E-state index contributed by atoms with van der Waals surface area (Å²) >= 11 is 12.1. The molecule has 29 heavy (non-hydrogen) atoms. The summed E-state index contributed by atoms with van der Waals surface area (Å²) in [4.78, 5) is 14.2. The Balaban J connectivity index is 1.68. The quantitative estimate of drug-likeness (QED) is 0.632. The van der Waals surface area contributed by atoms with Crippen molar-refractivity contribution in [2.45, 2.75) is 17.7 Å². The van der Waals surface area contributed by atoms with Crippen LogP contribution in [0, 0.1) is 0 Å². The summed E-state index contributed by atoms with van der Waals surface area (Å²) in [6, 6.07) is 11.3. The molecule has 9 heteroatoms. The molecule has 1 fully saturated rings. The Morgan fingerprint density at radius 1 is 1.14 bits per heavy atom. The number of likely N-dealkylation sites (N-methyl/N-ethyl adjacent to an activating group) is 1. The number of carbonyl (C=O) groups excluding carboxylic acids is 1. The Labute approximate surface area is 181 Å². The molecule has 0 saturated carbocycles. The van der Waals surface area contributed by atoms with Crippen molar-refractivity contribution < 1.29 is 17.9 Å². The van der Waals surface area contributed by atoms with Crippen molar-refractivity contribution in [1.82, 2.24) is 9.21 Å². The van der Waals surface area contributed by atoms with Crippen molar-refractivity contribution in [1.29, 1.82) is 0 Å². The Morgan fingerprint density at radius 3 is 2.55 bits per heavy atom. The lowest BCUT2D eigenvalue weighted by Crippen LogP contribution is -2.31. The van der Waals surface area contributed by atoms with E-state index >= 15 is 0 Å². The molecule has 0 N–H and O–H groups in total. The van der Waals surface area contributed by atoms with Gasteiger partial charge in [-0.1, -0.05) is 29.3 Å². The summed E-state index contributed by atoms with van der Waals surface area (Å²) in [5.41, 5.74) is 0.262. The molecule has 156 valence electrons. The van der Waals surface area contributed by atoms with Gasteiger partial charge in [-0.05, 0) is 49.2 Å². The van der Waals surface area contributed by atoms with Crippen molar-refractivity contribution in [3.63, 3.8) is 0 Å². The average molecular weight is 457 g/mol. The van der Waals surface area contributed by atoms with E-state index in [4.69, 9.17) is 27.9 Å². The number of ether oxygens (including phenoxy) is 1. The Morgan fingerprint density at radius 2 is 1.86 bits per heavy atom. The van der Waals surface area contributed by atoms with Gasteiger partial charge >= 0.3 is 0 Å². The van der Waals surface area contributed by atoms with Gasteiger partial charge in [-0.15, -0.1) is 0 Å². The second-order valence-electron chi connectivity index (χ2n) is 6.79. The van der Waals surface area contributed by atoms with Crippen LogP contribution in [0.25, 0.3) is 0 Å². The topological polar surface area (TPSA) is 66.9 Å². The lowest BCUT2D eigenvalue weighted by atomic mass is 10.2. The van der Waals surface area contributed by atoms with Gasteiger partial charge in [0.25, 0.3) is 5.91 Å². The van der Waals surface area contributed by atoms with E-state index < -0.39 is 10.0 Å². The lowest BCUT2D eigenvalue weighted by molar-refractivity contribution is 0.0773. The van der Waals surface area contributed by atoms with E-state index in [1.54, 1.807) is 31.3 Å². The van der Waals surface area contributed by atoms with Crippen LogP contribution in [0.4, 0.5) is 0 Å². The second kappa shape index (κ2) is 9.34. The smallest absolute Gasteiger partial charge is 0.253 e. The van der Waals surface area contributed by atoms with Gasteiger partial charge in [-0.25, -0.2) is 8.42 Å². The van der Waals surface area contributed by atoms with Crippen molar-refractivity contribution in [2.24, 2.45) is 0 Å². The standard InChI is InChI=1S/C20H22Cl2N2O4S/c1-23(11-12-28-17-6-4-5-16(21)14-17)20(25)15-7-8-18(22)19(13-15)29(26,27)24-9-2-3-10-24/h4-8,13-14H,2-3,9-12H2,1H3. The largest absolute Gasteiger partial charge is 0.492 e. The fourth-order valence-electron chi connectivity index (χ4n) is 3.08. The Kier molecular flexibility index (Phi) is 7.05. The molecule has 1 aliphatic heterocycles. The zero-order valence-corrected chi connectivity index (χ0v) is 18.3. The molecular formula is C20H22Cl2N2O4S. The maximum atomic E-state index is 12.8. The normalized spacial score (nSPS) is 14.7. The van der Waals surface area contributed by atoms with Crippen LogP contribution in [0.1, 0.15) is 23.2 Å². The number of hydrogen-bond acceptors (Lipinski definition) is 4. The van der Waals surface area contributed by atoms with Crippen LogP contribution < -0.4 is 4.74 Å². The maximum Gasteiger partial charge on any atom is 0.253 e. The number of sulfonamides is 1. The van der Waals surface area contributed by atoms with Crippen LogP contribution in [-0.4, -0.2) is 56.8 Å². The van der Waals surface area contributed by atoms with E-state index in [2.05, 4.69) is 0 Å². The number of nitrogens with zero attached hydrogens (tertiary/aromatic N) is 2. The number of rotatable bonds is 7. The summed E-state index contributed by atoms with van der Waals surface area (Å²) < 4.78 is 32.7. The molecule has 1 saturated heterocycles. The minimum Gasteiger partial charge on any atom is -0.492 e. The van der Waals surface area contributed by atoms with Gasteiger partial charge in [0.05, 0.1) is 11.6 Å². The molecule has 0 aliphatic carbocycles. The van der Waals surface area contributed by atoms with E-state index in [0.717, 1.165) is 12.8 Å². The fraction of sp³-hybridized carbons (Fsp3) is 0.350. The van der Waals surface area contributed by atoms with Gasteiger partial charge in [-0.2, -0.15) is 4.31 Å². The number of amides is 1. The summed E-state index contributed by atoms with van der Waals surface area (Å²) in [7, 11) is -2.08. The van der Waals surface area contributed by atoms with Gasteiger partial charge < -0.3 is 9.64 Å². The Bertz CT molecular complexity index is 992. The second-order valence-corrected chi connectivity index (χ2v) is 9.54. The molecule has 0 radical (unpaired) electrons. The molecule has 1 heterocycles. The highest BCUT2D eigenvalue weighted by molar-refractivity contribution is 7.89. The highest BCUT2D eigenvalue weighted by Gasteiger charge is 2.30. The number of carbonyl (C=O) groups is 1. The van der Waals surface area contributed by atoms with Crippen molar-refractivity contribution >= 4 is 39.1 Å². The fourth-order valence-corrected chi connectivity index (χ4v) is 5.28. The first-order valence-corrected chi connectivity index (χ1v) is 11.4. The van der Waals surface area contributed by atoms with E-state index in [1.165, 1.54) is 27.4 Å². The highest BCUT2D eigenvalue weighted by Crippen LogP contribution is 2.28. The predicted octanol–water partition coefficient (Wildman–Crippen LogP) is 3.93. The molecule has 0 bridgehead atoms. The molecule has 2 aromatic rings. The van der Waals surface area contributed by atoms with Crippen LogP contribution in [0.15, 0.2) is 47.4 Å². The molecule has 2 aromatic carbocycles. The predicted molar refractivity (Wildman–Crippen MR) is 113 cm³/mol. The summed E-state index contributed by atoms with van der Waals surface area (Å²) in [5.74, 6) is 0.304. The maximum absolute atomic E-state index is 12.8. The monoisotopic (exact) mass is 456 g/mol. The van der Waals surface area contributed by atoms with E-state index in [-0.39, 0.29) is 28.0 Å². The van der Waals surface area contributed by atoms with E-state index in [1.807, 2.05) is 0 Å². The van der Waals surface area contributed by atoms with E-state index in [0.29, 0.717) is 30.4 Å². The van der Waals surface area contributed by atoms with Gasteiger partial charge in [0, 0.05) is 30.7 Å². The van der Waals surface area contributed by atoms with Crippen molar-refractivity contribution in [3.8, 4) is 5.75 Å². The Hall–Kier alpha value is -1.80. The number of benzene rings is 2. The third-order valence-electron chi connectivity index (χ3n) is 4.70. The molecule has 1 aliphatic rings. The molecule has 3 rings (SSSR count). The highest BCUT2D eigenvalue weighted by atomic mass is 35.5. The lowest BCUT2D eigenvalue weighted by Gasteiger charge is -2.20. The molecular weight excluding hydrogens is 435 g/mol. The van der Waals surface area contributed by atoms with Crippen LogP contribution >= 0.6 is 23.2 Å². The van der Waals surface area contributed by atoms with Crippen LogP contribution in [-0.2, 0) is 10.0 Å². The molecule has 0 atom stereocenters. The third kappa shape index (κ3) is 5.22. The summed E-state index contributed by atoms with van der Waals surface area (Å²) in [6.45, 7) is 1.53. The van der Waals surface area contributed by atoms with Crippen LogP contribution in [0.2, 0.25) is 10.0 Å². The molecule has 6 nitrogen and oxygen atoms in total. The first kappa shape index (κ1) is 21.9. The zero-order valence-electron chi connectivity index (χ0n) is 16.0. The van der Waals surface area contributed by atoms with Crippen LogP contribution in [0.5, 0.6) is 5.75 Å². The van der Waals surface area contributed by atoms with Crippen molar-refractivity contribution in [2.75, 3.05) is 33.3 Å². The van der Waals surface area contributed by atoms with Crippen molar-refractivity contribution in [3.05, 3.63) is 58.1 Å². The number of halogens is 2. The first-order chi connectivity index (χ1) is 13.8. The third-order valence-corrected chi connectivity index (χ3v) is 7.31. The van der Waals surface area contributed by atoms with Gasteiger partial charge in [-0.3, -0.25) is 4.79 Å². The van der Waals surface area contributed by atoms with Crippen LogP contribution in [0.3, 0.4) is 0 Å². The minimum atomic E-state index is -3.71. The zero-order chi connectivity index (χ0) is 21.0. The number of hydrogen-bond donors (Lipinski definition) is 0. The van der Waals surface area contributed by atoms with E-state index in [9.17, 15) is 13.2 Å². The van der Waals surface area contributed by atoms with Gasteiger partial charge in [0.1, 0.15) is 17.3 Å². The SMILES string of the molecule is CN(CCOc1cccc(Cl)c1)C(=O)c1ccc(Cl)c(S(=O)(=O)N2CCCC2)c1. The first-order valence-electron chi connectivity index (χ1n) is 9.22. The molecule has 0 unspecified atom stereocenters. The average Bonchev–Trinajstić information content (AvgIpc) is 3.23. The minimum absolute atomic E-state index is 0.0319. The van der Waals surface area contributed by atoms with Gasteiger partial charge in [0.15, 0.2) is 0 Å². The summed E-state index contributed by atoms with van der Waals surface area (Å²) in [5, 5.41) is 0.681. The summed E-state index contributed by atoms with van der Waals surface area (Å²) in [6.07, 6.45) is 1.65. The van der Waals surface area contributed by atoms with Gasteiger partial charge in [0.2, 0.25) is 10.0 Å². The molecule has 0 aromatic heterocycles.